The first-order valence-corrected chi connectivity index (χ1v) is 10.2. The minimum atomic E-state index is -0.193. The number of hydrogen-bond acceptors (Lipinski definition) is 5. The van der Waals surface area contributed by atoms with Crippen LogP contribution in [0.4, 0.5) is 10.5 Å². The molecule has 3 atom stereocenters. The van der Waals surface area contributed by atoms with Crippen molar-refractivity contribution in [3.05, 3.63) is 29.8 Å². The van der Waals surface area contributed by atoms with Crippen molar-refractivity contribution >= 4 is 46.9 Å². The Hall–Kier alpha value is -1.57. The molecule has 27 heavy (non-hydrogen) atoms. The van der Waals surface area contributed by atoms with E-state index in [1.165, 1.54) is 30.6 Å². The number of nitrogens with zero attached hydrogens (tertiary/aromatic N) is 1. The Morgan fingerprint density at radius 2 is 1.93 bits per heavy atom. The number of carbonyl (C=O) groups is 3. The maximum atomic E-state index is 12.5. The maximum Gasteiger partial charge on any atom is 0.289 e. The van der Waals surface area contributed by atoms with Gasteiger partial charge in [0.05, 0.1) is 18.3 Å². The summed E-state index contributed by atoms with van der Waals surface area (Å²) in [7, 11) is 0. The second-order valence-electron chi connectivity index (χ2n) is 7.33. The van der Waals surface area contributed by atoms with Crippen LogP contribution < -0.4 is 10.6 Å². The standard InChI is InChI=1S/C19H23N3O3S.ClH/c23-17-11-26-19(25)22(17)10-12-5-7-14(8-6-12)20-18(24)16-9-13-3-1-2-4-15(13)21-16;/h5-8,13,15-16,21H,1-4,9-11H2,(H,20,24);1H. The molecule has 4 rings (SSSR count). The van der Waals surface area contributed by atoms with E-state index in [0.717, 1.165) is 29.4 Å². The highest BCUT2D eigenvalue weighted by Crippen LogP contribution is 2.33. The number of imide groups is 1. The van der Waals surface area contributed by atoms with E-state index in [2.05, 4.69) is 10.6 Å². The smallest absolute Gasteiger partial charge is 0.289 e. The van der Waals surface area contributed by atoms with Gasteiger partial charge >= 0.3 is 0 Å². The SMILES string of the molecule is Cl.O=C(Nc1ccc(CN2C(=O)CSC2=O)cc1)C1CC2CCCCC2N1. The van der Waals surface area contributed by atoms with E-state index < -0.39 is 0 Å². The number of anilines is 1. The molecule has 3 amide bonds. The van der Waals surface area contributed by atoms with Crippen molar-refractivity contribution < 1.29 is 14.4 Å². The van der Waals surface area contributed by atoms with Gasteiger partial charge in [-0.2, -0.15) is 0 Å². The maximum absolute atomic E-state index is 12.5. The molecule has 2 N–H and O–H groups in total. The van der Waals surface area contributed by atoms with Gasteiger partial charge in [-0.05, 0) is 42.9 Å². The minimum Gasteiger partial charge on any atom is -0.325 e. The van der Waals surface area contributed by atoms with E-state index in [4.69, 9.17) is 0 Å². The van der Waals surface area contributed by atoms with Crippen LogP contribution in [0.5, 0.6) is 0 Å². The van der Waals surface area contributed by atoms with E-state index in [9.17, 15) is 14.4 Å². The number of halogens is 1. The van der Waals surface area contributed by atoms with Gasteiger partial charge in [-0.25, -0.2) is 0 Å². The Labute approximate surface area is 169 Å². The third kappa shape index (κ3) is 4.47. The van der Waals surface area contributed by atoms with Gasteiger partial charge in [0.15, 0.2) is 0 Å². The lowest BCUT2D eigenvalue weighted by atomic mass is 9.85. The molecular weight excluding hydrogens is 386 g/mol. The number of thioether (sulfide) groups is 1. The third-order valence-electron chi connectivity index (χ3n) is 5.58. The average molecular weight is 410 g/mol. The summed E-state index contributed by atoms with van der Waals surface area (Å²) < 4.78 is 0. The summed E-state index contributed by atoms with van der Waals surface area (Å²) in [5.41, 5.74) is 1.61. The number of fused-ring (bicyclic) bond motifs is 1. The molecule has 3 aliphatic rings. The van der Waals surface area contributed by atoms with Crippen LogP contribution in [-0.4, -0.2) is 39.8 Å². The van der Waals surface area contributed by atoms with Gasteiger partial charge in [0.1, 0.15) is 0 Å². The summed E-state index contributed by atoms with van der Waals surface area (Å²) >= 11 is 1.04. The van der Waals surface area contributed by atoms with Crippen LogP contribution in [0.15, 0.2) is 24.3 Å². The number of carbonyl (C=O) groups excluding carboxylic acids is 3. The molecule has 0 aromatic heterocycles. The summed E-state index contributed by atoms with van der Waals surface area (Å²) in [6.45, 7) is 0.284. The van der Waals surface area contributed by atoms with Crippen molar-refractivity contribution in [1.82, 2.24) is 10.2 Å². The Kier molecular flexibility index (Phi) is 6.44. The highest BCUT2D eigenvalue weighted by Gasteiger charge is 2.38. The molecule has 8 heteroatoms. The minimum absolute atomic E-state index is 0. The van der Waals surface area contributed by atoms with Crippen LogP contribution in [0, 0.1) is 5.92 Å². The van der Waals surface area contributed by atoms with Crippen molar-refractivity contribution in [2.24, 2.45) is 5.92 Å². The van der Waals surface area contributed by atoms with Crippen molar-refractivity contribution in [3.63, 3.8) is 0 Å². The molecule has 1 aromatic rings. The molecule has 0 spiro atoms. The molecule has 2 saturated heterocycles. The summed E-state index contributed by atoms with van der Waals surface area (Å²) in [6.07, 6.45) is 5.85. The lowest BCUT2D eigenvalue weighted by Crippen LogP contribution is -2.39. The molecule has 1 aromatic carbocycles. The summed E-state index contributed by atoms with van der Waals surface area (Å²) in [4.78, 5) is 37.1. The zero-order valence-electron chi connectivity index (χ0n) is 15.0. The molecule has 1 saturated carbocycles. The van der Waals surface area contributed by atoms with Crippen molar-refractivity contribution in [3.8, 4) is 0 Å². The van der Waals surface area contributed by atoms with Crippen molar-refractivity contribution in [1.29, 1.82) is 0 Å². The van der Waals surface area contributed by atoms with Crippen LogP contribution >= 0.6 is 24.2 Å². The fraction of sp³-hybridized carbons (Fsp3) is 0.526. The Balaban J connectivity index is 0.00000210. The summed E-state index contributed by atoms with van der Waals surface area (Å²) in [5, 5.41) is 6.27. The highest BCUT2D eigenvalue weighted by atomic mass is 35.5. The first-order valence-electron chi connectivity index (χ1n) is 9.23. The van der Waals surface area contributed by atoms with Gasteiger partial charge < -0.3 is 10.6 Å². The molecular formula is C19H24ClN3O3S. The van der Waals surface area contributed by atoms with E-state index in [-0.39, 0.29) is 47.8 Å². The summed E-state index contributed by atoms with van der Waals surface area (Å²) in [5.74, 6) is 0.735. The Morgan fingerprint density at radius 1 is 1.19 bits per heavy atom. The van der Waals surface area contributed by atoms with E-state index >= 15 is 0 Å². The molecule has 3 unspecified atom stereocenters. The fourth-order valence-electron chi connectivity index (χ4n) is 4.16. The lowest BCUT2D eigenvalue weighted by Gasteiger charge is -2.24. The predicted octanol–water partition coefficient (Wildman–Crippen LogP) is 3.16. The fourth-order valence-corrected chi connectivity index (χ4v) is 4.89. The van der Waals surface area contributed by atoms with E-state index in [1.54, 1.807) is 0 Å². The van der Waals surface area contributed by atoms with Crippen LogP contribution in [0.1, 0.15) is 37.7 Å². The zero-order chi connectivity index (χ0) is 18.1. The quantitative estimate of drug-likeness (QED) is 0.798. The molecule has 2 heterocycles. The van der Waals surface area contributed by atoms with Crippen molar-refractivity contribution in [2.75, 3.05) is 11.1 Å². The van der Waals surface area contributed by atoms with Gasteiger partial charge in [-0.15, -0.1) is 12.4 Å². The second kappa shape index (κ2) is 8.63. The van der Waals surface area contributed by atoms with Gasteiger partial charge in [-0.3, -0.25) is 19.3 Å². The number of amides is 3. The summed E-state index contributed by atoms with van der Waals surface area (Å²) in [6, 6.07) is 7.73. The topological polar surface area (TPSA) is 78.5 Å². The van der Waals surface area contributed by atoms with Crippen LogP contribution in [0.2, 0.25) is 0 Å². The second-order valence-corrected chi connectivity index (χ2v) is 8.25. The highest BCUT2D eigenvalue weighted by molar-refractivity contribution is 8.14. The monoisotopic (exact) mass is 409 g/mol. The molecule has 1 aliphatic carbocycles. The normalized spacial score (nSPS) is 27.3. The molecule has 146 valence electrons. The van der Waals surface area contributed by atoms with Crippen LogP contribution in [-0.2, 0) is 16.1 Å². The van der Waals surface area contributed by atoms with E-state index in [0.29, 0.717) is 12.0 Å². The molecule has 0 bridgehead atoms. The number of rotatable bonds is 4. The van der Waals surface area contributed by atoms with Crippen LogP contribution in [0.3, 0.4) is 0 Å². The van der Waals surface area contributed by atoms with Gasteiger partial charge in [0.2, 0.25) is 11.8 Å². The van der Waals surface area contributed by atoms with Gasteiger partial charge in [0.25, 0.3) is 5.24 Å². The Bertz CT molecular complexity index is 697. The average Bonchev–Trinajstić information content (AvgIpc) is 3.22. The number of nitrogens with one attached hydrogen (secondary N) is 2. The van der Waals surface area contributed by atoms with Crippen molar-refractivity contribution in [2.45, 2.75) is 50.7 Å². The Morgan fingerprint density at radius 3 is 2.59 bits per heavy atom. The molecule has 0 radical (unpaired) electrons. The third-order valence-corrected chi connectivity index (χ3v) is 6.44. The number of hydrogen-bond donors (Lipinski definition) is 2. The van der Waals surface area contributed by atoms with Crippen LogP contribution in [0.25, 0.3) is 0 Å². The largest absolute Gasteiger partial charge is 0.325 e. The number of benzene rings is 1. The lowest BCUT2D eigenvalue weighted by molar-refractivity contribution is -0.125. The predicted molar refractivity (Wildman–Crippen MR) is 108 cm³/mol. The van der Waals surface area contributed by atoms with E-state index in [1.807, 2.05) is 24.3 Å². The zero-order valence-corrected chi connectivity index (χ0v) is 16.6. The van der Waals surface area contributed by atoms with Gasteiger partial charge in [0, 0.05) is 11.7 Å². The molecule has 3 fully saturated rings. The molecule has 2 aliphatic heterocycles. The molecule has 6 nitrogen and oxygen atoms in total. The van der Waals surface area contributed by atoms with Gasteiger partial charge in [-0.1, -0.05) is 36.7 Å². The first-order chi connectivity index (χ1) is 12.6. The first kappa shape index (κ1) is 20.2.